The van der Waals surface area contributed by atoms with Crippen LogP contribution in [-0.2, 0) is 0 Å². The van der Waals surface area contributed by atoms with Gasteiger partial charge in [0.15, 0.2) is 5.78 Å². The third-order valence-corrected chi connectivity index (χ3v) is 3.00. The van der Waals surface area contributed by atoms with E-state index in [2.05, 4.69) is 0 Å². The zero-order chi connectivity index (χ0) is 12.3. The summed E-state index contributed by atoms with van der Waals surface area (Å²) in [5.41, 5.74) is 0.381. The maximum Gasteiger partial charge on any atom is 0.283 e. The van der Waals surface area contributed by atoms with E-state index in [1.54, 1.807) is 12.1 Å². The first kappa shape index (κ1) is 12.7. The number of thioether (sulfide) groups is 1. The van der Waals surface area contributed by atoms with Gasteiger partial charge in [0.05, 0.1) is 9.82 Å². The molecule has 0 aliphatic rings. The molecule has 0 heterocycles. The van der Waals surface area contributed by atoms with Crippen LogP contribution >= 0.6 is 11.8 Å². The number of carbonyl (C=O) groups excluding carboxylic acids is 1. The van der Waals surface area contributed by atoms with Crippen LogP contribution in [0.4, 0.5) is 5.69 Å². The Balaban J connectivity index is 3.19. The standard InChI is InChI=1S/C11H13NO3S/c1-7(2)16-11-5-4-9(8(3)13)6-10(11)12(14)15/h4-7H,1-3H3. The molecule has 86 valence electrons. The molecule has 4 nitrogen and oxygen atoms in total. The largest absolute Gasteiger partial charge is 0.295 e. The Hall–Kier alpha value is -1.36. The van der Waals surface area contributed by atoms with Gasteiger partial charge in [-0.15, -0.1) is 11.8 Å². The van der Waals surface area contributed by atoms with Crippen LogP contribution in [0.2, 0.25) is 0 Å². The quantitative estimate of drug-likeness (QED) is 0.350. The van der Waals surface area contributed by atoms with Gasteiger partial charge < -0.3 is 0 Å². The number of nitro benzene ring substituents is 1. The summed E-state index contributed by atoms with van der Waals surface area (Å²) >= 11 is 1.42. The number of hydrogen-bond donors (Lipinski definition) is 0. The van der Waals surface area contributed by atoms with Crippen molar-refractivity contribution in [3.63, 3.8) is 0 Å². The van der Waals surface area contributed by atoms with Crippen molar-refractivity contribution in [2.75, 3.05) is 0 Å². The van der Waals surface area contributed by atoms with Gasteiger partial charge in [0.1, 0.15) is 0 Å². The van der Waals surface area contributed by atoms with Crippen molar-refractivity contribution in [2.24, 2.45) is 0 Å². The lowest BCUT2D eigenvalue weighted by Crippen LogP contribution is -1.98. The second kappa shape index (κ2) is 5.12. The summed E-state index contributed by atoms with van der Waals surface area (Å²) in [6.07, 6.45) is 0. The minimum atomic E-state index is -0.447. The normalized spacial score (nSPS) is 10.5. The van der Waals surface area contributed by atoms with Gasteiger partial charge in [-0.25, -0.2) is 0 Å². The molecule has 1 aromatic carbocycles. The molecule has 0 N–H and O–H groups in total. The maximum atomic E-state index is 11.1. The van der Waals surface area contributed by atoms with Gasteiger partial charge in [0.2, 0.25) is 0 Å². The van der Waals surface area contributed by atoms with Gasteiger partial charge in [-0.1, -0.05) is 13.8 Å². The molecule has 0 aliphatic heterocycles. The molecule has 0 bridgehead atoms. The Morgan fingerprint density at radius 3 is 2.50 bits per heavy atom. The highest BCUT2D eigenvalue weighted by Crippen LogP contribution is 2.32. The van der Waals surface area contributed by atoms with Crippen LogP contribution in [0.15, 0.2) is 23.1 Å². The molecule has 0 saturated heterocycles. The molecule has 0 radical (unpaired) electrons. The predicted molar refractivity (Wildman–Crippen MR) is 64.1 cm³/mol. The lowest BCUT2D eigenvalue weighted by molar-refractivity contribution is -0.387. The van der Waals surface area contributed by atoms with Crippen LogP contribution in [0.3, 0.4) is 0 Å². The van der Waals surface area contributed by atoms with Gasteiger partial charge >= 0.3 is 0 Å². The highest BCUT2D eigenvalue weighted by molar-refractivity contribution is 8.00. The van der Waals surface area contributed by atoms with E-state index in [0.717, 1.165) is 0 Å². The number of ketones is 1. The summed E-state index contributed by atoms with van der Waals surface area (Å²) in [5.74, 6) is -0.163. The van der Waals surface area contributed by atoms with Crippen molar-refractivity contribution < 1.29 is 9.72 Å². The first-order valence-corrected chi connectivity index (χ1v) is 5.76. The lowest BCUT2D eigenvalue weighted by Gasteiger charge is -2.06. The third-order valence-electron chi connectivity index (χ3n) is 1.92. The summed E-state index contributed by atoms with van der Waals surface area (Å²) in [5, 5.41) is 11.1. The van der Waals surface area contributed by atoms with Crippen molar-refractivity contribution in [3.8, 4) is 0 Å². The van der Waals surface area contributed by atoms with E-state index in [1.807, 2.05) is 13.8 Å². The van der Waals surface area contributed by atoms with Gasteiger partial charge in [-0.3, -0.25) is 14.9 Å². The van der Waals surface area contributed by atoms with Crippen LogP contribution in [-0.4, -0.2) is 16.0 Å². The zero-order valence-electron chi connectivity index (χ0n) is 9.39. The van der Waals surface area contributed by atoms with E-state index in [-0.39, 0.29) is 16.7 Å². The van der Waals surface area contributed by atoms with Crippen LogP contribution in [0.25, 0.3) is 0 Å². The summed E-state index contributed by atoms with van der Waals surface area (Å²) in [6, 6.07) is 4.60. The fourth-order valence-corrected chi connectivity index (χ4v) is 2.14. The van der Waals surface area contributed by atoms with Gasteiger partial charge in [0.25, 0.3) is 5.69 Å². The third kappa shape index (κ3) is 3.06. The van der Waals surface area contributed by atoms with Crippen LogP contribution in [0.5, 0.6) is 0 Å². The van der Waals surface area contributed by atoms with E-state index in [9.17, 15) is 14.9 Å². The SMILES string of the molecule is CC(=O)c1ccc(SC(C)C)c([N+](=O)[O-])c1. The molecule has 1 aromatic rings. The number of nitrogens with zero attached hydrogens (tertiary/aromatic N) is 1. The predicted octanol–water partition coefficient (Wildman–Crippen LogP) is 3.30. The average molecular weight is 239 g/mol. The van der Waals surface area contributed by atoms with Crippen molar-refractivity contribution in [1.29, 1.82) is 0 Å². The fourth-order valence-electron chi connectivity index (χ4n) is 1.23. The van der Waals surface area contributed by atoms with E-state index >= 15 is 0 Å². The molecule has 0 atom stereocenters. The molecular formula is C11H13NO3S. The average Bonchev–Trinajstić information content (AvgIpc) is 2.16. The van der Waals surface area contributed by atoms with Crippen molar-refractivity contribution in [3.05, 3.63) is 33.9 Å². The van der Waals surface area contributed by atoms with Crippen molar-refractivity contribution in [2.45, 2.75) is 30.9 Å². The Labute approximate surface area is 98.2 Å². The molecule has 0 spiro atoms. The molecule has 0 aliphatic carbocycles. The number of nitro groups is 1. The number of carbonyl (C=O) groups is 1. The molecule has 16 heavy (non-hydrogen) atoms. The Morgan fingerprint density at radius 1 is 1.44 bits per heavy atom. The number of hydrogen-bond acceptors (Lipinski definition) is 4. The van der Waals surface area contributed by atoms with E-state index in [4.69, 9.17) is 0 Å². The first-order chi connectivity index (χ1) is 7.41. The highest BCUT2D eigenvalue weighted by atomic mass is 32.2. The second-order valence-electron chi connectivity index (χ2n) is 3.66. The summed E-state index contributed by atoms with van der Waals surface area (Å²) in [7, 11) is 0. The van der Waals surface area contributed by atoms with Crippen LogP contribution < -0.4 is 0 Å². The van der Waals surface area contributed by atoms with E-state index < -0.39 is 4.92 Å². The summed E-state index contributed by atoms with van der Waals surface area (Å²) in [6.45, 7) is 5.33. The molecule has 0 amide bonds. The highest BCUT2D eigenvalue weighted by Gasteiger charge is 2.17. The van der Waals surface area contributed by atoms with Gasteiger partial charge in [-0.2, -0.15) is 0 Å². The fraction of sp³-hybridized carbons (Fsp3) is 0.364. The lowest BCUT2D eigenvalue weighted by atomic mass is 10.1. The summed E-state index contributed by atoms with van der Waals surface area (Å²) < 4.78 is 0. The molecule has 0 aromatic heterocycles. The van der Waals surface area contributed by atoms with E-state index in [1.165, 1.54) is 24.8 Å². The Bertz CT molecular complexity index is 429. The number of rotatable bonds is 4. The monoisotopic (exact) mass is 239 g/mol. The van der Waals surface area contributed by atoms with Crippen molar-refractivity contribution in [1.82, 2.24) is 0 Å². The second-order valence-corrected chi connectivity index (χ2v) is 5.28. The van der Waals surface area contributed by atoms with Crippen LogP contribution in [0, 0.1) is 10.1 Å². The summed E-state index contributed by atoms with van der Waals surface area (Å²) in [4.78, 5) is 22.1. The molecular weight excluding hydrogens is 226 g/mol. The topological polar surface area (TPSA) is 60.2 Å². The minimum absolute atomic E-state index is 0.00593. The number of benzene rings is 1. The molecule has 0 unspecified atom stereocenters. The number of Topliss-reactive ketones (excluding diaryl/α,β-unsaturated/α-hetero) is 1. The Kier molecular flexibility index (Phi) is 4.06. The Morgan fingerprint density at radius 2 is 2.06 bits per heavy atom. The molecule has 0 saturated carbocycles. The van der Waals surface area contributed by atoms with Crippen LogP contribution in [0.1, 0.15) is 31.1 Å². The maximum absolute atomic E-state index is 11.1. The first-order valence-electron chi connectivity index (χ1n) is 4.88. The minimum Gasteiger partial charge on any atom is -0.295 e. The molecule has 0 fully saturated rings. The zero-order valence-corrected chi connectivity index (χ0v) is 10.2. The van der Waals surface area contributed by atoms with Gasteiger partial charge in [-0.05, 0) is 19.1 Å². The smallest absolute Gasteiger partial charge is 0.283 e. The molecule has 5 heteroatoms. The molecule has 1 rings (SSSR count). The van der Waals surface area contributed by atoms with Crippen molar-refractivity contribution >= 4 is 23.2 Å². The van der Waals surface area contributed by atoms with Gasteiger partial charge in [0, 0.05) is 16.9 Å². The van der Waals surface area contributed by atoms with E-state index in [0.29, 0.717) is 10.5 Å².